The summed E-state index contributed by atoms with van der Waals surface area (Å²) >= 11 is 0. The number of rotatable bonds is 6. The molecule has 1 unspecified atom stereocenters. The monoisotopic (exact) mass is 251 g/mol. The molecule has 0 bridgehead atoms. The van der Waals surface area contributed by atoms with Gasteiger partial charge in [0.15, 0.2) is 0 Å². The Labute approximate surface area is 108 Å². The van der Waals surface area contributed by atoms with Gasteiger partial charge in [0, 0.05) is 0 Å². The Hall–Kier alpha value is -1.55. The van der Waals surface area contributed by atoms with Crippen molar-refractivity contribution in [3.05, 3.63) is 29.8 Å². The van der Waals surface area contributed by atoms with Crippen molar-refractivity contribution < 1.29 is 14.6 Å². The zero-order valence-corrected chi connectivity index (χ0v) is 11.4. The van der Waals surface area contributed by atoms with Crippen molar-refractivity contribution in [2.45, 2.75) is 26.3 Å². The van der Waals surface area contributed by atoms with Gasteiger partial charge in [0.05, 0.1) is 7.11 Å². The lowest BCUT2D eigenvalue weighted by atomic mass is 9.89. The first-order valence-corrected chi connectivity index (χ1v) is 6.13. The minimum atomic E-state index is -1.03. The number of likely N-dealkylation sites (N-methyl/N-ethyl adjacent to an activating group) is 1. The van der Waals surface area contributed by atoms with E-state index in [-0.39, 0.29) is 0 Å². The number of nitrogens with zero attached hydrogens (tertiary/aromatic N) is 1. The number of hydrogen-bond donors (Lipinski definition) is 1. The van der Waals surface area contributed by atoms with E-state index in [9.17, 15) is 9.90 Å². The molecule has 0 aromatic heterocycles. The number of aliphatic carboxylic acids is 1. The van der Waals surface area contributed by atoms with Gasteiger partial charge in [0.1, 0.15) is 11.3 Å². The molecule has 0 heterocycles. The van der Waals surface area contributed by atoms with E-state index < -0.39 is 11.5 Å². The highest BCUT2D eigenvalue weighted by Gasteiger charge is 2.40. The van der Waals surface area contributed by atoms with Crippen LogP contribution in [-0.2, 0) is 10.3 Å². The molecule has 0 aliphatic carbocycles. The summed E-state index contributed by atoms with van der Waals surface area (Å²) in [6.07, 6.45) is 0. The maximum Gasteiger partial charge on any atom is 0.328 e. The maximum atomic E-state index is 11.7. The second-order valence-corrected chi connectivity index (χ2v) is 4.28. The third-order valence-corrected chi connectivity index (χ3v) is 3.44. The summed E-state index contributed by atoms with van der Waals surface area (Å²) in [4.78, 5) is 13.6. The fourth-order valence-electron chi connectivity index (χ4n) is 2.22. The molecule has 100 valence electrons. The lowest BCUT2D eigenvalue weighted by Crippen LogP contribution is -2.49. The Morgan fingerprint density at radius 3 is 2.44 bits per heavy atom. The van der Waals surface area contributed by atoms with Crippen LogP contribution >= 0.6 is 0 Å². The van der Waals surface area contributed by atoms with Crippen LogP contribution in [-0.4, -0.2) is 36.2 Å². The minimum Gasteiger partial charge on any atom is -0.497 e. The summed E-state index contributed by atoms with van der Waals surface area (Å²) in [6.45, 7) is 7.01. The maximum absolute atomic E-state index is 11.7. The van der Waals surface area contributed by atoms with Crippen molar-refractivity contribution in [1.82, 2.24) is 4.90 Å². The van der Waals surface area contributed by atoms with Crippen LogP contribution in [0, 0.1) is 0 Å². The molecule has 0 radical (unpaired) electrons. The fraction of sp³-hybridized carbons (Fsp3) is 0.500. The SMILES string of the molecule is CCN(CC)C(C)(C(=O)O)c1cccc(OC)c1. The van der Waals surface area contributed by atoms with Crippen molar-refractivity contribution in [3.63, 3.8) is 0 Å². The molecule has 1 aromatic carbocycles. The zero-order valence-electron chi connectivity index (χ0n) is 11.4. The quantitative estimate of drug-likeness (QED) is 0.843. The Morgan fingerprint density at radius 2 is 2.00 bits per heavy atom. The molecule has 0 amide bonds. The van der Waals surface area contributed by atoms with Gasteiger partial charge in [-0.2, -0.15) is 0 Å². The summed E-state index contributed by atoms with van der Waals surface area (Å²) < 4.78 is 5.17. The zero-order chi connectivity index (χ0) is 13.8. The molecule has 0 saturated heterocycles. The van der Waals surface area contributed by atoms with Gasteiger partial charge < -0.3 is 9.84 Å². The molecule has 0 aliphatic rings. The van der Waals surface area contributed by atoms with E-state index in [1.54, 1.807) is 20.1 Å². The number of carboxylic acids is 1. The van der Waals surface area contributed by atoms with Gasteiger partial charge in [-0.15, -0.1) is 0 Å². The molecule has 18 heavy (non-hydrogen) atoms. The predicted octanol–water partition coefficient (Wildman–Crippen LogP) is 2.34. The largest absolute Gasteiger partial charge is 0.497 e. The second-order valence-electron chi connectivity index (χ2n) is 4.28. The van der Waals surface area contributed by atoms with E-state index in [0.29, 0.717) is 18.8 Å². The van der Waals surface area contributed by atoms with Crippen molar-refractivity contribution in [2.75, 3.05) is 20.2 Å². The third kappa shape index (κ3) is 2.48. The van der Waals surface area contributed by atoms with Gasteiger partial charge in [-0.1, -0.05) is 26.0 Å². The summed E-state index contributed by atoms with van der Waals surface area (Å²) in [6, 6.07) is 7.24. The first kappa shape index (κ1) is 14.5. The second kappa shape index (κ2) is 5.87. The first-order chi connectivity index (χ1) is 8.50. The Kier molecular flexibility index (Phi) is 4.73. The number of methoxy groups -OCH3 is 1. The lowest BCUT2D eigenvalue weighted by molar-refractivity contribution is -0.151. The Bertz CT molecular complexity index is 415. The van der Waals surface area contributed by atoms with Gasteiger partial charge in [0.25, 0.3) is 0 Å². The van der Waals surface area contributed by atoms with Gasteiger partial charge in [0.2, 0.25) is 0 Å². The van der Waals surface area contributed by atoms with E-state index in [1.165, 1.54) is 0 Å². The molecule has 4 nitrogen and oxygen atoms in total. The van der Waals surface area contributed by atoms with Crippen LogP contribution < -0.4 is 4.74 Å². The van der Waals surface area contributed by atoms with Crippen LogP contribution in [0.2, 0.25) is 0 Å². The highest BCUT2D eigenvalue weighted by Crippen LogP contribution is 2.30. The van der Waals surface area contributed by atoms with Crippen molar-refractivity contribution in [1.29, 1.82) is 0 Å². The van der Waals surface area contributed by atoms with Crippen molar-refractivity contribution in [2.24, 2.45) is 0 Å². The average Bonchev–Trinajstić information content (AvgIpc) is 2.39. The molecule has 0 fully saturated rings. The Balaban J connectivity index is 3.30. The van der Waals surface area contributed by atoms with E-state index in [4.69, 9.17) is 4.74 Å². The molecular weight excluding hydrogens is 230 g/mol. The fourth-order valence-corrected chi connectivity index (χ4v) is 2.22. The van der Waals surface area contributed by atoms with Crippen LogP contribution in [0.3, 0.4) is 0 Å². The molecule has 1 atom stereocenters. The van der Waals surface area contributed by atoms with Gasteiger partial charge in [-0.05, 0) is 37.7 Å². The minimum absolute atomic E-state index is 0.673. The third-order valence-electron chi connectivity index (χ3n) is 3.44. The van der Waals surface area contributed by atoms with Crippen molar-refractivity contribution >= 4 is 5.97 Å². The van der Waals surface area contributed by atoms with Crippen molar-refractivity contribution in [3.8, 4) is 5.75 Å². The van der Waals surface area contributed by atoms with Crippen LogP contribution in [0.4, 0.5) is 0 Å². The topological polar surface area (TPSA) is 49.8 Å². The number of benzene rings is 1. The van der Waals surface area contributed by atoms with Crippen LogP contribution in [0.5, 0.6) is 5.75 Å². The average molecular weight is 251 g/mol. The molecule has 1 N–H and O–H groups in total. The lowest BCUT2D eigenvalue weighted by Gasteiger charge is -2.37. The van der Waals surface area contributed by atoms with Gasteiger partial charge >= 0.3 is 5.97 Å². The van der Waals surface area contributed by atoms with E-state index in [0.717, 1.165) is 5.56 Å². The molecule has 4 heteroatoms. The van der Waals surface area contributed by atoms with E-state index in [1.807, 2.05) is 36.9 Å². The van der Waals surface area contributed by atoms with Gasteiger partial charge in [-0.25, -0.2) is 4.79 Å². The standard InChI is InChI=1S/C14H21NO3/c1-5-15(6-2)14(3,13(16)17)11-8-7-9-12(10-11)18-4/h7-10H,5-6H2,1-4H3,(H,16,17). The van der Waals surface area contributed by atoms with E-state index >= 15 is 0 Å². The highest BCUT2D eigenvalue weighted by atomic mass is 16.5. The molecule has 0 spiro atoms. The van der Waals surface area contributed by atoms with Gasteiger partial charge in [-0.3, -0.25) is 4.90 Å². The summed E-state index contributed by atoms with van der Waals surface area (Å²) in [7, 11) is 1.58. The number of hydrogen-bond acceptors (Lipinski definition) is 3. The normalized spacial score (nSPS) is 14.3. The predicted molar refractivity (Wildman–Crippen MR) is 70.9 cm³/mol. The molecule has 0 aliphatic heterocycles. The number of ether oxygens (including phenoxy) is 1. The molecule has 1 aromatic rings. The summed E-state index contributed by atoms with van der Waals surface area (Å²) in [5, 5.41) is 9.60. The van der Waals surface area contributed by atoms with E-state index in [2.05, 4.69) is 0 Å². The first-order valence-electron chi connectivity index (χ1n) is 6.13. The van der Waals surface area contributed by atoms with Crippen LogP contribution in [0.25, 0.3) is 0 Å². The summed E-state index contributed by atoms with van der Waals surface area (Å²) in [5.74, 6) is -0.174. The number of carbonyl (C=O) groups is 1. The molecular formula is C14H21NO3. The Morgan fingerprint density at radius 1 is 1.39 bits per heavy atom. The molecule has 1 rings (SSSR count). The summed E-state index contributed by atoms with van der Waals surface area (Å²) in [5.41, 5.74) is -0.295. The van der Waals surface area contributed by atoms with Crippen LogP contribution in [0.15, 0.2) is 24.3 Å². The highest BCUT2D eigenvalue weighted by molar-refractivity contribution is 5.80. The van der Waals surface area contributed by atoms with Crippen LogP contribution in [0.1, 0.15) is 26.3 Å². The molecule has 0 saturated carbocycles. The number of carboxylic acid groups (broad SMARTS) is 1. The smallest absolute Gasteiger partial charge is 0.328 e.